The molecule has 0 aliphatic carbocycles. The van der Waals surface area contributed by atoms with Gasteiger partial charge < -0.3 is 4.84 Å². The number of rotatable bonds is 2. The summed E-state index contributed by atoms with van der Waals surface area (Å²) in [5, 5.41) is 16.9. The Morgan fingerprint density at radius 3 is 3.11 bits per heavy atom. The minimum atomic E-state index is 0.602. The number of fused-ring (bicyclic) bond motifs is 3. The Bertz CT molecular complexity index is 752. The van der Waals surface area contributed by atoms with Crippen molar-refractivity contribution in [3.05, 3.63) is 34.9 Å². The molecule has 2 aromatic heterocycles. The summed E-state index contributed by atoms with van der Waals surface area (Å²) >= 11 is 5.98. The molecule has 0 aliphatic rings. The van der Waals surface area contributed by atoms with Gasteiger partial charge in [-0.1, -0.05) is 22.8 Å². The molecule has 90 valence electrons. The van der Waals surface area contributed by atoms with Crippen molar-refractivity contribution in [2.75, 3.05) is 7.11 Å². The number of hydrogen-bond donors (Lipinski definition) is 0. The van der Waals surface area contributed by atoms with Crippen LogP contribution in [0.25, 0.3) is 16.6 Å². The topological polar surface area (TPSA) is 64.7 Å². The van der Waals surface area contributed by atoms with E-state index in [4.69, 9.17) is 11.6 Å². The third-order valence-corrected chi connectivity index (χ3v) is 2.79. The van der Waals surface area contributed by atoms with E-state index in [2.05, 4.69) is 25.5 Å². The van der Waals surface area contributed by atoms with Gasteiger partial charge in [0.1, 0.15) is 7.11 Å². The number of nitrogens with zero attached hydrogens (tertiary/aromatic N) is 5. The van der Waals surface area contributed by atoms with Crippen LogP contribution in [-0.4, -0.2) is 33.4 Å². The van der Waals surface area contributed by atoms with E-state index in [1.165, 1.54) is 7.11 Å². The lowest BCUT2D eigenvalue weighted by Gasteiger charge is -2.03. The smallest absolute Gasteiger partial charge is 0.188 e. The van der Waals surface area contributed by atoms with Gasteiger partial charge in [0.15, 0.2) is 5.65 Å². The van der Waals surface area contributed by atoms with Crippen LogP contribution >= 0.6 is 11.6 Å². The highest BCUT2D eigenvalue weighted by Crippen LogP contribution is 2.21. The van der Waals surface area contributed by atoms with Crippen molar-refractivity contribution >= 4 is 34.4 Å². The first-order valence-electron chi connectivity index (χ1n) is 5.16. The largest absolute Gasteiger partial charge is 0.399 e. The molecule has 18 heavy (non-hydrogen) atoms. The minimum absolute atomic E-state index is 0.602. The number of hydrogen-bond acceptors (Lipinski definition) is 5. The molecule has 3 aromatic rings. The van der Waals surface area contributed by atoms with Gasteiger partial charge in [-0.05, 0) is 28.6 Å². The predicted molar refractivity (Wildman–Crippen MR) is 67.9 cm³/mol. The van der Waals surface area contributed by atoms with Crippen LogP contribution in [0.2, 0.25) is 5.02 Å². The summed E-state index contributed by atoms with van der Waals surface area (Å²) in [5.41, 5.74) is 2.22. The molecule has 0 saturated carbocycles. The number of pyridine rings is 1. The first-order chi connectivity index (χ1) is 8.79. The Morgan fingerprint density at radius 2 is 2.28 bits per heavy atom. The van der Waals surface area contributed by atoms with Crippen LogP contribution in [-0.2, 0) is 4.84 Å². The zero-order chi connectivity index (χ0) is 12.5. The lowest BCUT2D eigenvalue weighted by atomic mass is 10.1. The third kappa shape index (κ3) is 1.67. The summed E-state index contributed by atoms with van der Waals surface area (Å²) in [6.07, 6.45) is 1.57. The van der Waals surface area contributed by atoms with E-state index >= 15 is 0 Å². The van der Waals surface area contributed by atoms with Crippen LogP contribution in [0.5, 0.6) is 0 Å². The lowest BCUT2D eigenvalue weighted by molar-refractivity contribution is 0.215. The number of tetrazole rings is 1. The van der Waals surface area contributed by atoms with Crippen molar-refractivity contribution in [1.29, 1.82) is 0 Å². The van der Waals surface area contributed by atoms with Crippen LogP contribution in [0.3, 0.4) is 0 Å². The van der Waals surface area contributed by atoms with E-state index in [1.807, 2.05) is 24.3 Å². The maximum Gasteiger partial charge on any atom is 0.188 e. The molecule has 0 radical (unpaired) electrons. The van der Waals surface area contributed by atoms with Crippen molar-refractivity contribution in [3.8, 4) is 0 Å². The fourth-order valence-corrected chi connectivity index (χ4v) is 1.95. The van der Waals surface area contributed by atoms with E-state index < -0.39 is 0 Å². The normalized spacial score (nSPS) is 11.7. The van der Waals surface area contributed by atoms with E-state index in [0.29, 0.717) is 10.7 Å². The zero-order valence-corrected chi connectivity index (χ0v) is 10.2. The van der Waals surface area contributed by atoms with E-state index in [-0.39, 0.29) is 0 Å². The highest BCUT2D eigenvalue weighted by Gasteiger charge is 2.08. The third-order valence-electron chi connectivity index (χ3n) is 2.56. The Morgan fingerprint density at radius 1 is 1.39 bits per heavy atom. The first-order valence-corrected chi connectivity index (χ1v) is 5.54. The van der Waals surface area contributed by atoms with Crippen molar-refractivity contribution in [2.24, 2.45) is 5.16 Å². The van der Waals surface area contributed by atoms with Crippen LogP contribution < -0.4 is 0 Å². The van der Waals surface area contributed by atoms with Crippen molar-refractivity contribution in [3.63, 3.8) is 0 Å². The molecule has 2 heterocycles. The highest BCUT2D eigenvalue weighted by atomic mass is 35.5. The Balaban J connectivity index is 2.39. The second-order valence-corrected chi connectivity index (χ2v) is 4.07. The number of oxime groups is 1. The SMILES string of the molecule is CO/N=C/c1cc2ccc(Cl)cc2n2nnnc12. The average Bonchev–Trinajstić information content (AvgIpc) is 2.86. The van der Waals surface area contributed by atoms with Gasteiger partial charge in [-0.15, -0.1) is 5.10 Å². The average molecular weight is 262 g/mol. The second kappa shape index (κ2) is 4.23. The van der Waals surface area contributed by atoms with Crippen molar-refractivity contribution < 1.29 is 4.84 Å². The predicted octanol–water partition coefficient (Wildman–Crippen LogP) is 1.91. The molecule has 0 bridgehead atoms. The summed E-state index contributed by atoms with van der Waals surface area (Å²) in [6.45, 7) is 0. The summed E-state index contributed by atoms with van der Waals surface area (Å²) in [4.78, 5) is 4.67. The van der Waals surface area contributed by atoms with Gasteiger partial charge in [0, 0.05) is 16.0 Å². The molecule has 0 N–H and O–H groups in total. The van der Waals surface area contributed by atoms with Gasteiger partial charge in [0.2, 0.25) is 0 Å². The zero-order valence-electron chi connectivity index (χ0n) is 9.41. The van der Waals surface area contributed by atoms with E-state index in [9.17, 15) is 0 Å². The summed E-state index contributed by atoms with van der Waals surface area (Å²) < 4.78 is 1.62. The van der Waals surface area contributed by atoms with E-state index in [0.717, 1.165) is 16.5 Å². The second-order valence-electron chi connectivity index (χ2n) is 3.63. The van der Waals surface area contributed by atoms with Gasteiger partial charge >= 0.3 is 0 Å². The van der Waals surface area contributed by atoms with Crippen LogP contribution in [0, 0.1) is 0 Å². The molecule has 0 saturated heterocycles. The fourth-order valence-electron chi connectivity index (χ4n) is 1.79. The standard InChI is InChI=1S/C11H8ClN5O/c1-18-13-6-8-4-7-2-3-9(12)5-10(7)17-11(8)14-15-16-17/h2-6H,1H3/b13-6+. The molecule has 6 nitrogen and oxygen atoms in total. The molecule has 3 rings (SSSR count). The molecule has 0 amide bonds. The maximum absolute atomic E-state index is 5.98. The van der Waals surface area contributed by atoms with Gasteiger partial charge in [-0.2, -0.15) is 4.52 Å². The van der Waals surface area contributed by atoms with Crippen molar-refractivity contribution in [1.82, 2.24) is 20.0 Å². The molecule has 0 spiro atoms. The molecule has 0 aliphatic heterocycles. The highest BCUT2D eigenvalue weighted by molar-refractivity contribution is 6.31. The number of benzene rings is 1. The monoisotopic (exact) mass is 261 g/mol. The molecule has 0 unspecified atom stereocenters. The van der Waals surface area contributed by atoms with Gasteiger partial charge in [-0.25, -0.2) is 0 Å². The Hall–Kier alpha value is -2.21. The fraction of sp³-hybridized carbons (Fsp3) is 0.0909. The molecular formula is C11H8ClN5O. The summed E-state index contributed by atoms with van der Waals surface area (Å²) in [5.74, 6) is 0. The van der Waals surface area contributed by atoms with Gasteiger partial charge in [-0.3, -0.25) is 0 Å². The number of aromatic nitrogens is 4. The number of halogens is 1. The van der Waals surface area contributed by atoms with Gasteiger partial charge in [0.25, 0.3) is 0 Å². The van der Waals surface area contributed by atoms with Crippen LogP contribution in [0.4, 0.5) is 0 Å². The summed E-state index contributed by atoms with van der Waals surface area (Å²) in [6, 6.07) is 7.47. The van der Waals surface area contributed by atoms with Crippen LogP contribution in [0.1, 0.15) is 5.56 Å². The molecule has 0 atom stereocenters. The first kappa shape index (κ1) is 10.9. The molecular weight excluding hydrogens is 254 g/mol. The van der Waals surface area contributed by atoms with Crippen LogP contribution in [0.15, 0.2) is 29.4 Å². The molecule has 0 fully saturated rings. The lowest BCUT2D eigenvalue weighted by Crippen LogP contribution is -1.96. The van der Waals surface area contributed by atoms with E-state index in [1.54, 1.807) is 10.7 Å². The van der Waals surface area contributed by atoms with Gasteiger partial charge in [0.05, 0.1) is 11.7 Å². The van der Waals surface area contributed by atoms with Crippen molar-refractivity contribution in [2.45, 2.75) is 0 Å². The maximum atomic E-state index is 5.98. The quantitative estimate of drug-likeness (QED) is 0.522. The molecule has 1 aromatic carbocycles. The molecule has 7 heteroatoms. The minimum Gasteiger partial charge on any atom is -0.399 e. The summed E-state index contributed by atoms with van der Waals surface area (Å²) in [7, 11) is 1.48. The Kier molecular flexibility index (Phi) is 2.56. The Labute approximate surface area is 107 Å².